The Morgan fingerprint density at radius 1 is 1.30 bits per heavy atom. The summed E-state index contributed by atoms with van der Waals surface area (Å²) in [6.45, 7) is 4.13. The fraction of sp³-hybridized carbons (Fsp3) is 0.333. The normalized spacial score (nSPS) is 11.9. The molecule has 0 unspecified atom stereocenters. The Kier molecular flexibility index (Phi) is 5.28. The van der Waals surface area contributed by atoms with Gasteiger partial charge in [-0.05, 0) is 43.8 Å². The molecule has 2 rings (SSSR count). The summed E-state index contributed by atoms with van der Waals surface area (Å²) in [6.07, 6.45) is 0.824. The molecule has 0 aliphatic heterocycles. The number of carbonyl (C=O) groups excluding carboxylic acids is 2. The zero-order valence-corrected chi connectivity index (χ0v) is 13.7. The largest absolute Gasteiger partial charge is 0.354 e. The Hall–Kier alpha value is -2.48. The number of hydrogen-bond donors (Lipinski definition) is 4. The van der Waals surface area contributed by atoms with Crippen LogP contribution in [0.5, 0.6) is 0 Å². The van der Waals surface area contributed by atoms with E-state index in [4.69, 9.17) is 12.2 Å². The average Bonchev–Trinajstić information content (AvgIpc) is 2.51. The third-order valence-electron chi connectivity index (χ3n) is 3.29. The molecular weight excluding hydrogens is 316 g/mol. The lowest BCUT2D eigenvalue weighted by atomic mass is 10.1. The van der Waals surface area contributed by atoms with Crippen molar-refractivity contribution in [1.29, 1.82) is 0 Å². The van der Waals surface area contributed by atoms with Crippen molar-refractivity contribution in [3.05, 3.63) is 38.9 Å². The van der Waals surface area contributed by atoms with E-state index < -0.39 is 11.9 Å². The van der Waals surface area contributed by atoms with Gasteiger partial charge in [0.15, 0.2) is 4.77 Å². The van der Waals surface area contributed by atoms with Gasteiger partial charge in [-0.15, -0.1) is 0 Å². The third-order valence-corrected chi connectivity index (χ3v) is 3.50. The molecule has 0 saturated heterocycles. The van der Waals surface area contributed by atoms with E-state index in [9.17, 15) is 14.4 Å². The van der Waals surface area contributed by atoms with Crippen LogP contribution in [-0.4, -0.2) is 34.4 Å². The van der Waals surface area contributed by atoms with Crippen molar-refractivity contribution in [3.8, 4) is 0 Å². The molecular formula is C15H18N4O3S. The molecule has 0 fully saturated rings. The highest BCUT2D eigenvalue weighted by Gasteiger charge is 2.16. The number of H-pyrrole nitrogens is 2. The number of fused-ring (bicyclic) bond motifs is 1. The van der Waals surface area contributed by atoms with Gasteiger partial charge in [-0.1, -0.05) is 6.92 Å². The van der Waals surface area contributed by atoms with Gasteiger partial charge in [-0.25, -0.2) is 0 Å². The SMILES string of the molecule is CCCNC(=O)[C@H](C)NC(=O)c1ccc2c(=O)[nH]c(=S)[nH]c2c1. The molecule has 0 radical (unpaired) electrons. The molecule has 7 nitrogen and oxygen atoms in total. The van der Waals surface area contributed by atoms with Crippen molar-refractivity contribution in [2.75, 3.05) is 6.54 Å². The molecule has 122 valence electrons. The van der Waals surface area contributed by atoms with Crippen LogP contribution in [0.25, 0.3) is 10.9 Å². The Balaban J connectivity index is 2.20. The van der Waals surface area contributed by atoms with Crippen LogP contribution in [-0.2, 0) is 4.79 Å². The van der Waals surface area contributed by atoms with Crippen LogP contribution in [0.15, 0.2) is 23.0 Å². The number of aromatic nitrogens is 2. The molecule has 0 aliphatic carbocycles. The van der Waals surface area contributed by atoms with Gasteiger partial charge >= 0.3 is 0 Å². The van der Waals surface area contributed by atoms with Crippen LogP contribution in [0.2, 0.25) is 0 Å². The van der Waals surface area contributed by atoms with Crippen molar-refractivity contribution in [1.82, 2.24) is 20.6 Å². The van der Waals surface area contributed by atoms with Gasteiger partial charge in [-0.2, -0.15) is 0 Å². The van der Waals surface area contributed by atoms with Gasteiger partial charge in [0.1, 0.15) is 6.04 Å². The summed E-state index contributed by atoms with van der Waals surface area (Å²) in [4.78, 5) is 41.1. The second-order valence-electron chi connectivity index (χ2n) is 5.15. The van der Waals surface area contributed by atoms with Gasteiger partial charge in [0.25, 0.3) is 11.5 Å². The zero-order valence-electron chi connectivity index (χ0n) is 12.9. The van der Waals surface area contributed by atoms with Crippen molar-refractivity contribution in [3.63, 3.8) is 0 Å². The van der Waals surface area contributed by atoms with Crippen LogP contribution in [0.4, 0.5) is 0 Å². The Morgan fingerprint density at radius 3 is 2.74 bits per heavy atom. The monoisotopic (exact) mass is 334 g/mol. The molecule has 8 heteroatoms. The fourth-order valence-corrected chi connectivity index (χ4v) is 2.26. The van der Waals surface area contributed by atoms with Gasteiger partial charge in [0, 0.05) is 12.1 Å². The Morgan fingerprint density at radius 2 is 2.04 bits per heavy atom. The van der Waals surface area contributed by atoms with E-state index in [1.165, 1.54) is 18.2 Å². The van der Waals surface area contributed by atoms with Crippen LogP contribution in [0, 0.1) is 4.77 Å². The second kappa shape index (κ2) is 7.19. The summed E-state index contributed by atoms with van der Waals surface area (Å²) in [5.74, 6) is -0.637. The highest BCUT2D eigenvalue weighted by Crippen LogP contribution is 2.10. The van der Waals surface area contributed by atoms with Crippen molar-refractivity contribution >= 4 is 34.9 Å². The number of benzene rings is 1. The van der Waals surface area contributed by atoms with E-state index in [-0.39, 0.29) is 16.2 Å². The molecule has 0 bridgehead atoms. The number of hydrogen-bond acceptors (Lipinski definition) is 4. The van der Waals surface area contributed by atoms with E-state index in [0.717, 1.165) is 6.42 Å². The maximum absolute atomic E-state index is 12.2. The molecule has 4 N–H and O–H groups in total. The molecule has 0 aliphatic rings. The first-order valence-electron chi connectivity index (χ1n) is 7.27. The average molecular weight is 334 g/mol. The topological polar surface area (TPSA) is 107 Å². The minimum Gasteiger partial charge on any atom is -0.354 e. The molecule has 1 aromatic carbocycles. The predicted molar refractivity (Wildman–Crippen MR) is 90.0 cm³/mol. The summed E-state index contributed by atoms with van der Waals surface area (Å²) >= 11 is 4.92. The molecule has 2 aromatic rings. The van der Waals surface area contributed by atoms with E-state index in [2.05, 4.69) is 20.6 Å². The molecule has 2 amide bonds. The summed E-state index contributed by atoms with van der Waals surface area (Å²) in [6, 6.07) is 3.95. The molecule has 1 heterocycles. The van der Waals surface area contributed by atoms with Crippen LogP contribution < -0.4 is 16.2 Å². The standard InChI is InChI=1S/C15H18N4O3S/c1-3-6-16-12(20)8(2)17-13(21)9-4-5-10-11(7-9)18-15(23)19-14(10)22/h4-5,7-8H,3,6H2,1-2H3,(H,16,20)(H,17,21)(H2,18,19,22,23)/t8-/m0/s1. The summed E-state index contributed by atoms with van der Waals surface area (Å²) in [7, 11) is 0. The third kappa shape index (κ3) is 4.04. The first kappa shape index (κ1) is 16.9. The van der Waals surface area contributed by atoms with Crippen LogP contribution in [0.3, 0.4) is 0 Å². The minimum absolute atomic E-state index is 0.187. The maximum Gasteiger partial charge on any atom is 0.259 e. The number of nitrogens with one attached hydrogen (secondary N) is 4. The highest BCUT2D eigenvalue weighted by atomic mass is 32.1. The quantitative estimate of drug-likeness (QED) is 0.617. The van der Waals surface area contributed by atoms with Crippen molar-refractivity contribution in [2.24, 2.45) is 0 Å². The van der Waals surface area contributed by atoms with Gasteiger partial charge in [0.2, 0.25) is 5.91 Å². The first-order valence-corrected chi connectivity index (χ1v) is 7.68. The van der Waals surface area contributed by atoms with Crippen LogP contribution in [0.1, 0.15) is 30.6 Å². The van der Waals surface area contributed by atoms with Crippen molar-refractivity contribution in [2.45, 2.75) is 26.3 Å². The number of carbonyl (C=O) groups is 2. The van der Waals surface area contributed by atoms with Gasteiger partial charge < -0.3 is 15.6 Å². The molecule has 0 saturated carbocycles. The lowest BCUT2D eigenvalue weighted by Crippen LogP contribution is -2.45. The molecule has 0 spiro atoms. The lowest BCUT2D eigenvalue weighted by Gasteiger charge is -2.14. The molecule has 23 heavy (non-hydrogen) atoms. The van der Waals surface area contributed by atoms with E-state index in [1.807, 2.05) is 6.92 Å². The smallest absolute Gasteiger partial charge is 0.259 e. The van der Waals surface area contributed by atoms with Gasteiger partial charge in [0.05, 0.1) is 10.9 Å². The predicted octanol–water partition coefficient (Wildman–Crippen LogP) is 1.23. The van der Waals surface area contributed by atoms with Crippen molar-refractivity contribution < 1.29 is 9.59 Å². The molecule has 1 aromatic heterocycles. The molecule has 1 atom stereocenters. The number of amides is 2. The Labute approximate surface area is 137 Å². The number of rotatable bonds is 5. The maximum atomic E-state index is 12.2. The van der Waals surface area contributed by atoms with E-state index in [1.54, 1.807) is 6.92 Å². The Bertz CT molecular complexity index is 856. The first-order chi connectivity index (χ1) is 10.9. The summed E-state index contributed by atoms with van der Waals surface area (Å²) in [5.41, 5.74) is 0.487. The van der Waals surface area contributed by atoms with E-state index >= 15 is 0 Å². The van der Waals surface area contributed by atoms with Crippen LogP contribution >= 0.6 is 12.2 Å². The van der Waals surface area contributed by atoms with Gasteiger partial charge in [-0.3, -0.25) is 19.4 Å². The minimum atomic E-state index is -0.651. The number of aromatic amines is 2. The highest BCUT2D eigenvalue weighted by molar-refractivity contribution is 7.71. The van der Waals surface area contributed by atoms with E-state index in [0.29, 0.717) is 23.0 Å². The fourth-order valence-electron chi connectivity index (χ4n) is 2.06. The second-order valence-corrected chi connectivity index (χ2v) is 5.56. The summed E-state index contributed by atoms with van der Waals surface area (Å²) in [5, 5.41) is 5.74. The summed E-state index contributed by atoms with van der Waals surface area (Å²) < 4.78 is 0.187. The lowest BCUT2D eigenvalue weighted by molar-refractivity contribution is -0.122. The zero-order chi connectivity index (χ0) is 17.0.